The van der Waals surface area contributed by atoms with Gasteiger partial charge in [0, 0.05) is 16.3 Å². The summed E-state index contributed by atoms with van der Waals surface area (Å²) in [5.74, 6) is 0.332. The molecule has 0 bridgehead atoms. The Kier molecular flexibility index (Phi) is 3.33. The van der Waals surface area contributed by atoms with Gasteiger partial charge in [-0.15, -0.1) is 0 Å². The number of nitrogens with zero attached hydrogens (tertiary/aromatic N) is 2. The number of hydrogen-bond donors (Lipinski definition) is 1. The van der Waals surface area contributed by atoms with Crippen LogP contribution in [0.3, 0.4) is 0 Å². The van der Waals surface area contributed by atoms with E-state index in [1.54, 1.807) is 0 Å². The minimum absolute atomic E-state index is 0.332. The summed E-state index contributed by atoms with van der Waals surface area (Å²) < 4.78 is 0. The standard InChI is InChI=1S/C16H14ClN3/c17-11-7-5-10(6-8-11)15-12-3-1-2-4-14(12)20-16(19)13(15)9-18/h5-8H,1-4H2,(H2,19,20). The summed E-state index contributed by atoms with van der Waals surface area (Å²) in [6.07, 6.45) is 4.15. The maximum atomic E-state index is 9.42. The van der Waals surface area contributed by atoms with Gasteiger partial charge in [-0.2, -0.15) is 5.26 Å². The van der Waals surface area contributed by atoms with Crippen LogP contribution in [0.5, 0.6) is 0 Å². The first-order valence-electron chi connectivity index (χ1n) is 6.68. The predicted molar refractivity (Wildman–Crippen MR) is 80.5 cm³/mol. The zero-order valence-electron chi connectivity index (χ0n) is 11.0. The molecule has 0 atom stereocenters. The third-order valence-electron chi connectivity index (χ3n) is 3.75. The van der Waals surface area contributed by atoms with Crippen molar-refractivity contribution in [1.82, 2.24) is 4.98 Å². The molecule has 2 N–H and O–H groups in total. The largest absolute Gasteiger partial charge is 0.383 e. The lowest BCUT2D eigenvalue weighted by atomic mass is 9.87. The molecule has 0 radical (unpaired) electrons. The molecule has 0 unspecified atom stereocenters. The SMILES string of the molecule is N#Cc1c(N)nc2c(c1-c1ccc(Cl)cc1)CCCC2. The van der Waals surface area contributed by atoms with Crippen molar-refractivity contribution >= 4 is 17.4 Å². The topological polar surface area (TPSA) is 62.7 Å². The van der Waals surface area contributed by atoms with Gasteiger partial charge in [0.1, 0.15) is 17.5 Å². The van der Waals surface area contributed by atoms with Crippen LogP contribution < -0.4 is 5.73 Å². The van der Waals surface area contributed by atoms with E-state index in [9.17, 15) is 5.26 Å². The molecule has 3 nitrogen and oxygen atoms in total. The van der Waals surface area contributed by atoms with Gasteiger partial charge in [-0.25, -0.2) is 4.98 Å². The first-order valence-corrected chi connectivity index (χ1v) is 7.05. The van der Waals surface area contributed by atoms with Crippen molar-refractivity contribution < 1.29 is 0 Å². The highest BCUT2D eigenvalue weighted by Gasteiger charge is 2.21. The van der Waals surface area contributed by atoms with E-state index in [1.807, 2.05) is 24.3 Å². The Morgan fingerprint density at radius 2 is 1.85 bits per heavy atom. The fourth-order valence-corrected chi connectivity index (χ4v) is 2.94. The van der Waals surface area contributed by atoms with Gasteiger partial charge in [0.25, 0.3) is 0 Å². The molecule has 100 valence electrons. The highest BCUT2D eigenvalue weighted by atomic mass is 35.5. The van der Waals surface area contributed by atoms with Gasteiger partial charge in [-0.1, -0.05) is 23.7 Å². The van der Waals surface area contributed by atoms with Crippen LogP contribution in [-0.4, -0.2) is 4.98 Å². The van der Waals surface area contributed by atoms with Gasteiger partial charge in [0.15, 0.2) is 0 Å². The summed E-state index contributed by atoms with van der Waals surface area (Å²) in [5, 5.41) is 10.1. The number of pyridine rings is 1. The smallest absolute Gasteiger partial charge is 0.142 e. The molecular weight excluding hydrogens is 270 g/mol. The van der Waals surface area contributed by atoms with E-state index in [0.717, 1.165) is 42.5 Å². The molecule has 1 aliphatic carbocycles. The lowest BCUT2D eigenvalue weighted by molar-refractivity contribution is 0.670. The van der Waals surface area contributed by atoms with Crippen LogP contribution in [0.25, 0.3) is 11.1 Å². The van der Waals surface area contributed by atoms with Crippen molar-refractivity contribution in [3.8, 4) is 17.2 Å². The van der Waals surface area contributed by atoms with Crippen molar-refractivity contribution in [2.24, 2.45) is 0 Å². The first-order chi connectivity index (χ1) is 9.70. The number of nitriles is 1. The number of fused-ring (bicyclic) bond motifs is 1. The van der Waals surface area contributed by atoms with Crippen LogP contribution in [0, 0.1) is 11.3 Å². The molecule has 1 aliphatic rings. The highest BCUT2D eigenvalue weighted by Crippen LogP contribution is 2.36. The molecule has 0 aliphatic heterocycles. The maximum absolute atomic E-state index is 9.42. The zero-order valence-corrected chi connectivity index (χ0v) is 11.7. The number of halogens is 1. The summed E-state index contributed by atoms with van der Waals surface area (Å²) in [7, 11) is 0. The molecule has 1 aromatic heterocycles. The van der Waals surface area contributed by atoms with Crippen LogP contribution in [0.2, 0.25) is 5.02 Å². The Morgan fingerprint density at radius 1 is 1.15 bits per heavy atom. The van der Waals surface area contributed by atoms with Gasteiger partial charge in [0.2, 0.25) is 0 Å². The highest BCUT2D eigenvalue weighted by molar-refractivity contribution is 6.30. The summed E-state index contributed by atoms with van der Waals surface area (Å²) in [4.78, 5) is 4.42. The third kappa shape index (κ3) is 2.13. The van der Waals surface area contributed by atoms with E-state index in [1.165, 1.54) is 5.56 Å². The minimum Gasteiger partial charge on any atom is -0.383 e. The molecule has 2 aromatic rings. The number of benzene rings is 1. The second-order valence-corrected chi connectivity index (χ2v) is 5.43. The quantitative estimate of drug-likeness (QED) is 0.867. The minimum atomic E-state index is 0.332. The number of aryl methyl sites for hydroxylation is 1. The van der Waals surface area contributed by atoms with Crippen LogP contribution in [0.1, 0.15) is 29.7 Å². The normalized spacial score (nSPS) is 13.6. The third-order valence-corrected chi connectivity index (χ3v) is 4.00. The van der Waals surface area contributed by atoms with Crippen LogP contribution in [-0.2, 0) is 12.8 Å². The Hall–Kier alpha value is -2.05. The molecule has 20 heavy (non-hydrogen) atoms. The second-order valence-electron chi connectivity index (χ2n) is 5.00. The van der Waals surface area contributed by atoms with Crippen molar-refractivity contribution in [2.45, 2.75) is 25.7 Å². The molecule has 0 spiro atoms. The Morgan fingerprint density at radius 3 is 2.55 bits per heavy atom. The number of nitrogens with two attached hydrogens (primary N) is 1. The molecule has 3 rings (SSSR count). The molecule has 0 saturated heterocycles. The van der Waals surface area contributed by atoms with Crippen molar-refractivity contribution in [3.05, 3.63) is 46.1 Å². The molecule has 0 amide bonds. The Labute approximate surface area is 123 Å². The van der Waals surface area contributed by atoms with E-state index in [-0.39, 0.29) is 0 Å². The lowest BCUT2D eigenvalue weighted by Gasteiger charge is -2.21. The summed E-state index contributed by atoms with van der Waals surface area (Å²) in [5.41, 5.74) is 10.6. The number of aromatic nitrogens is 1. The molecular formula is C16H14ClN3. The lowest BCUT2D eigenvalue weighted by Crippen LogP contribution is -2.11. The average Bonchev–Trinajstić information content (AvgIpc) is 2.47. The average molecular weight is 284 g/mol. The van der Waals surface area contributed by atoms with E-state index in [4.69, 9.17) is 17.3 Å². The Bertz CT molecular complexity index is 699. The molecule has 4 heteroatoms. The number of anilines is 1. The van der Waals surface area contributed by atoms with Crippen LogP contribution in [0.15, 0.2) is 24.3 Å². The molecule has 1 aromatic carbocycles. The molecule has 1 heterocycles. The van der Waals surface area contributed by atoms with Crippen LogP contribution in [0.4, 0.5) is 5.82 Å². The first kappa shape index (κ1) is 13.0. The van der Waals surface area contributed by atoms with Gasteiger partial charge in [-0.05, 0) is 48.9 Å². The summed E-state index contributed by atoms with van der Waals surface area (Å²) >= 11 is 5.95. The molecule has 0 fully saturated rings. The van der Waals surface area contributed by atoms with Gasteiger partial charge in [-0.3, -0.25) is 0 Å². The fourth-order valence-electron chi connectivity index (χ4n) is 2.81. The van der Waals surface area contributed by atoms with E-state index in [0.29, 0.717) is 16.4 Å². The molecule has 0 saturated carbocycles. The van der Waals surface area contributed by atoms with Gasteiger partial charge >= 0.3 is 0 Å². The Balaban J connectivity index is 2.29. The zero-order chi connectivity index (χ0) is 14.1. The number of rotatable bonds is 1. The number of nitrogen functional groups attached to an aromatic ring is 1. The fraction of sp³-hybridized carbons (Fsp3) is 0.250. The summed E-state index contributed by atoms with van der Waals surface area (Å²) in [6.45, 7) is 0. The van der Waals surface area contributed by atoms with Crippen molar-refractivity contribution in [1.29, 1.82) is 5.26 Å². The van der Waals surface area contributed by atoms with Crippen molar-refractivity contribution in [3.63, 3.8) is 0 Å². The van der Waals surface area contributed by atoms with E-state index < -0.39 is 0 Å². The second kappa shape index (κ2) is 5.15. The monoisotopic (exact) mass is 283 g/mol. The summed E-state index contributed by atoms with van der Waals surface area (Å²) in [6, 6.07) is 9.76. The number of hydrogen-bond acceptors (Lipinski definition) is 3. The van der Waals surface area contributed by atoms with E-state index >= 15 is 0 Å². The van der Waals surface area contributed by atoms with Crippen LogP contribution >= 0.6 is 11.6 Å². The van der Waals surface area contributed by atoms with Gasteiger partial charge in [0.05, 0.1) is 0 Å². The predicted octanol–water partition coefficient (Wildman–Crippen LogP) is 3.73. The van der Waals surface area contributed by atoms with E-state index in [2.05, 4.69) is 11.1 Å². The van der Waals surface area contributed by atoms with Gasteiger partial charge < -0.3 is 5.73 Å². The van der Waals surface area contributed by atoms with Crippen molar-refractivity contribution in [2.75, 3.05) is 5.73 Å². The maximum Gasteiger partial charge on any atom is 0.142 e.